The van der Waals surface area contributed by atoms with Gasteiger partial charge in [0.25, 0.3) is 0 Å². The largest absolute Gasteiger partial charge is 0.473 e. The van der Waals surface area contributed by atoms with Crippen LogP contribution in [-0.2, 0) is 4.74 Å². The molecular formula is C17H34O2. The average Bonchev–Trinajstić information content (AvgIpc) is 2.40. The normalized spacial score (nSPS) is 12.3. The summed E-state index contributed by atoms with van der Waals surface area (Å²) in [5, 5.41) is 9.32. The Morgan fingerprint density at radius 2 is 1.26 bits per heavy atom. The van der Waals surface area contributed by atoms with E-state index in [9.17, 15) is 5.11 Å². The number of hydrogen-bond acceptors (Lipinski definition) is 2. The zero-order valence-electron chi connectivity index (χ0n) is 12.9. The number of aliphatic hydroxyl groups is 1. The van der Waals surface area contributed by atoms with Gasteiger partial charge >= 0.3 is 0 Å². The van der Waals surface area contributed by atoms with Crippen LogP contribution in [0.3, 0.4) is 0 Å². The quantitative estimate of drug-likeness (QED) is 0.240. The summed E-state index contributed by atoms with van der Waals surface area (Å²) in [6.45, 7) is 5.69. The first-order valence-corrected chi connectivity index (χ1v) is 8.25. The van der Waals surface area contributed by atoms with Gasteiger partial charge in [0, 0.05) is 6.42 Å². The minimum absolute atomic E-state index is 0.652. The average molecular weight is 270 g/mol. The van der Waals surface area contributed by atoms with Crippen molar-refractivity contribution in [1.29, 1.82) is 0 Å². The highest BCUT2D eigenvalue weighted by atomic mass is 16.6. The summed E-state index contributed by atoms with van der Waals surface area (Å²) in [4.78, 5) is 0. The van der Waals surface area contributed by atoms with Crippen LogP contribution >= 0.6 is 0 Å². The Morgan fingerprint density at radius 3 is 1.68 bits per heavy atom. The molecule has 0 saturated heterocycles. The highest BCUT2D eigenvalue weighted by molar-refractivity contribution is 4.53. The van der Waals surface area contributed by atoms with E-state index in [1.807, 2.05) is 0 Å². The third-order valence-corrected chi connectivity index (χ3v) is 3.56. The molecule has 0 rings (SSSR count). The number of rotatable bonds is 15. The molecule has 0 aromatic rings. The topological polar surface area (TPSA) is 29.5 Å². The molecule has 2 nitrogen and oxygen atoms in total. The molecule has 0 saturated carbocycles. The van der Waals surface area contributed by atoms with E-state index in [0.29, 0.717) is 0 Å². The fourth-order valence-corrected chi connectivity index (χ4v) is 2.34. The first-order valence-electron chi connectivity index (χ1n) is 8.25. The predicted molar refractivity (Wildman–Crippen MR) is 83.0 cm³/mol. The molecule has 0 amide bonds. The molecule has 0 spiro atoms. The molecule has 0 heterocycles. The van der Waals surface area contributed by atoms with Gasteiger partial charge in [-0.2, -0.15) is 0 Å². The van der Waals surface area contributed by atoms with Gasteiger partial charge in [0.05, 0.1) is 6.26 Å². The molecule has 0 aromatic carbocycles. The fraction of sp³-hybridized carbons (Fsp3) is 0.882. The molecule has 114 valence electrons. The smallest absolute Gasteiger partial charge is 0.196 e. The lowest BCUT2D eigenvalue weighted by atomic mass is 10.0. The molecule has 0 aromatic heterocycles. The van der Waals surface area contributed by atoms with Crippen LogP contribution in [0.25, 0.3) is 0 Å². The molecule has 0 bridgehead atoms. The number of unbranched alkanes of at least 4 members (excludes halogenated alkanes) is 11. The highest BCUT2D eigenvalue weighted by Crippen LogP contribution is 2.13. The maximum atomic E-state index is 9.32. The summed E-state index contributed by atoms with van der Waals surface area (Å²) in [7, 11) is 0. The Kier molecular flexibility index (Phi) is 15.1. The van der Waals surface area contributed by atoms with Crippen LogP contribution in [0, 0.1) is 0 Å². The predicted octanol–water partition coefficient (Wildman–Crippen LogP) is 5.56. The molecule has 1 unspecified atom stereocenters. The van der Waals surface area contributed by atoms with Crippen molar-refractivity contribution in [2.45, 2.75) is 96.7 Å². The first kappa shape index (κ1) is 18.5. The Labute approximate surface area is 120 Å². The van der Waals surface area contributed by atoms with Crippen LogP contribution in [-0.4, -0.2) is 11.4 Å². The van der Waals surface area contributed by atoms with Crippen molar-refractivity contribution >= 4 is 0 Å². The highest BCUT2D eigenvalue weighted by Gasteiger charge is 2.01. The fourth-order valence-electron chi connectivity index (χ4n) is 2.34. The zero-order chi connectivity index (χ0) is 14.2. The van der Waals surface area contributed by atoms with Crippen molar-refractivity contribution in [2.24, 2.45) is 0 Å². The van der Waals surface area contributed by atoms with E-state index in [1.165, 1.54) is 76.9 Å². The lowest BCUT2D eigenvalue weighted by Crippen LogP contribution is -2.07. The van der Waals surface area contributed by atoms with Crippen molar-refractivity contribution in [3.63, 3.8) is 0 Å². The second-order valence-electron chi connectivity index (χ2n) is 5.44. The summed E-state index contributed by atoms with van der Waals surface area (Å²) in [6, 6.07) is 0. The number of hydrogen-bond donors (Lipinski definition) is 1. The molecule has 19 heavy (non-hydrogen) atoms. The van der Waals surface area contributed by atoms with Crippen molar-refractivity contribution in [3.05, 3.63) is 12.8 Å². The van der Waals surface area contributed by atoms with Crippen molar-refractivity contribution < 1.29 is 9.84 Å². The summed E-state index contributed by atoms with van der Waals surface area (Å²) in [6.07, 6.45) is 17.5. The second-order valence-corrected chi connectivity index (χ2v) is 5.44. The van der Waals surface area contributed by atoms with E-state index in [4.69, 9.17) is 4.74 Å². The molecule has 1 N–H and O–H groups in total. The maximum absolute atomic E-state index is 9.32. The van der Waals surface area contributed by atoms with Gasteiger partial charge in [-0.15, -0.1) is 0 Å². The summed E-state index contributed by atoms with van der Waals surface area (Å²) >= 11 is 0. The second kappa shape index (κ2) is 15.6. The number of aliphatic hydroxyl groups excluding tert-OH is 1. The SMILES string of the molecule is C=COC(O)CCCCCCCCCCCCCC. The van der Waals surface area contributed by atoms with Crippen molar-refractivity contribution in [3.8, 4) is 0 Å². The first-order chi connectivity index (χ1) is 9.31. The Balaban J connectivity index is 3.00. The minimum Gasteiger partial charge on any atom is -0.473 e. The van der Waals surface area contributed by atoms with Crippen LogP contribution < -0.4 is 0 Å². The van der Waals surface area contributed by atoms with Gasteiger partial charge in [-0.1, -0.05) is 84.1 Å². The van der Waals surface area contributed by atoms with Crippen LogP contribution in [0.4, 0.5) is 0 Å². The van der Waals surface area contributed by atoms with Crippen LogP contribution in [0.1, 0.15) is 90.4 Å². The van der Waals surface area contributed by atoms with Gasteiger partial charge in [-0.05, 0) is 6.42 Å². The van der Waals surface area contributed by atoms with Crippen LogP contribution in [0.2, 0.25) is 0 Å². The van der Waals surface area contributed by atoms with Crippen molar-refractivity contribution in [1.82, 2.24) is 0 Å². The third-order valence-electron chi connectivity index (χ3n) is 3.56. The Bertz CT molecular complexity index is 180. The lowest BCUT2D eigenvalue weighted by molar-refractivity contribution is -0.0569. The number of ether oxygens (including phenoxy) is 1. The monoisotopic (exact) mass is 270 g/mol. The summed E-state index contributed by atoms with van der Waals surface area (Å²) in [5.41, 5.74) is 0. The van der Waals surface area contributed by atoms with Gasteiger partial charge in [-0.3, -0.25) is 0 Å². The minimum atomic E-state index is -0.652. The van der Waals surface area contributed by atoms with E-state index in [-0.39, 0.29) is 0 Å². The third kappa shape index (κ3) is 15.4. The molecule has 0 radical (unpaired) electrons. The van der Waals surface area contributed by atoms with Crippen LogP contribution in [0.15, 0.2) is 12.8 Å². The standard InChI is InChI=1S/C17H34O2/c1-3-5-6-7-8-9-10-11-12-13-14-15-16-17(18)19-4-2/h4,17-18H,2-3,5-16H2,1H3. The van der Waals surface area contributed by atoms with Gasteiger partial charge in [0.1, 0.15) is 0 Å². The van der Waals surface area contributed by atoms with E-state index < -0.39 is 6.29 Å². The summed E-state index contributed by atoms with van der Waals surface area (Å²) < 4.78 is 4.86. The molecule has 0 aliphatic heterocycles. The van der Waals surface area contributed by atoms with E-state index in [2.05, 4.69) is 13.5 Å². The van der Waals surface area contributed by atoms with Crippen LogP contribution in [0.5, 0.6) is 0 Å². The molecule has 2 heteroatoms. The maximum Gasteiger partial charge on any atom is 0.196 e. The molecule has 0 fully saturated rings. The molecule has 0 aliphatic rings. The van der Waals surface area contributed by atoms with E-state index in [1.54, 1.807) is 0 Å². The van der Waals surface area contributed by atoms with Gasteiger partial charge < -0.3 is 9.84 Å². The van der Waals surface area contributed by atoms with Gasteiger partial charge in [-0.25, -0.2) is 0 Å². The van der Waals surface area contributed by atoms with E-state index in [0.717, 1.165) is 12.8 Å². The van der Waals surface area contributed by atoms with E-state index >= 15 is 0 Å². The zero-order valence-corrected chi connectivity index (χ0v) is 12.9. The Morgan fingerprint density at radius 1 is 0.842 bits per heavy atom. The summed E-state index contributed by atoms with van der Waals surface area (Å²) in [5.74, 6) is 0. The lowest BCUT2D eigenvalue weighted by Gasteiger charge is -2.09. The molecular weight excluding hydrogens is 236 g/mol. The molecule has 0 aliphatic carbocycles. The van der Waals surface area contributed by atoms with Gasteiger partial charge in [0.2, 0.25) is 0 Å². The van der Waals surface area contributed by atoms with Crippen molar-refractivity contribution in [2.75, 3.05) is 0 Å². The Hall–Kier alpha value is -0.500. The van der Waals surface area contributed by atoms with Gasteiger partial charge in [0.15, 0.2) is 6.29 Å². The molecule has 1 atom stereocenters.